The zero-order valence-corrected chi connectivity index (χ0v) is 15.0. The lowest BCUT2D eigenvalue weighted by Gasteiger charge is -2.09. The van der Waals surface area contributed by atoms with Crippen LogP contribution in [0.5, 0.6) is 5.75 Å². The summed E-state index contributed by atoms with van der Waals surface area (Å²) < 4.78 is 33.7. The Bertz CT molecular complexity index is 950. The van der Waals surface area contributed by atoms with Crippen molar-refractivity contribution in [2.75, 3.05) is 0 Å². The normalized spacial score (nSPS) is 10.7. The molecule has 3 aromatic rings. The van der Waals surface area contributed by atoms with Gasteiger partial charge in [-0.05, 0) is 42.8 Å². The van der Waals surface area contributed by atoms with Crippen molar-refractivity contribution in [1.29, 1.82) is 0 Å². The van der Waals surface area contributed by atoms with Gasteiger partial charge in [-0.15, -0.1) is 0 Å². The highest BCUT2D eigenvalue weighted by Crippen LogP contribution is 2.19. The lowest BCUT2D eigenvalue weighted by atomic mass is 10.1. The molecule has 140 valence electrons. The zero-order valence-electron chi connectivity index (χ0n) is 15.0. The first-order chi connectivity index (χ1) is 12.9. The maximum Gasteiger partial charge on any atom is 0.251 e. The number of carbonyl (C=O) groups is 1. The topological polar surface area (TPSA) is 56.1 Å². The Kier molecular flexibility index (Phi) is 5.49. The first-order valence-corrected chi connectivity index (χ1v) is 8.37. The molecule has 0 aliphatic heterocycles. The van der Waals surface area contributed by atoms with Crippen LogP contribution in [0.3, 0.4) is 0 Å². The Morgan fingerprint density at radius 3 is 2.70 bits per heavy atom. The van der Waals surface area contributed by atoms with E-state index in [0.29, 0.717) is 17.7 Å². The number of ether oxygens (including phenoxy) is 1. The van der Waals surface area contributed by atoms with Gasteiger partial charge >= 0.3 is 0 Å². The van der Waals surface area contributed by atoms with Crippen molar-refractivity contribution in [1.82, 2.24) is 15.1 Å². The van der Waals surface area contributed by atoms with E-state index < -0.39 is 11.6 Å². The summed E-state index contributed by atoms with van der Waals surface area (Å²) in [6, 6.07) is 11.9. The molecule has 0 atom stereocenters. The summed E-state index contributed by atoms with van der Waals surface area (Å²) in [4.78, 5) is 12.3. The number of nitrogens with zero attached hydrogens (tertiary/aromatic N) is 2. The summed E-state index contributed by atoms with van der Waals surface area (Å²) in [5.41, 5.74) is 2.93. The van der Waals surface area contributed by atoms with Gasteiger partial charge in [0.1, 0.15) is 12.4 Å². The summed E-state index contributed by atoms with van der Waals surface area (Å²) in [6.45, 7) is 2.32. The number of nitrogens with one attached hydrogen (secondary N) is 1. The molecule has 0 aliphatic carbocycles. The van der Waals surface area contributed by atoms with Crippen molar-refractivity contribution in [2.45, 2.75) is 20.1 Å². The van der Waals surface area contributed by atoms with Crippen LogP contribution in [-0.4, -0.2) is 15.7 Å². The van der Waals surface area contributed by atoms with E-state index in [2.05, 4.69) is 10.4 Å². The van der Waals surface area contributed by atoms with E-state index in [9.17, 15) is 13.6 Å². The molecule has 5 nitrogen and oxygen atoms in total. The number of benzene rings is 2. The van der Waals surface area contributed by atoms with Crippen LogP contribution in [0, 0.1) is 18.6 Å². The van der Waals surface area contributed by atoms with Gasteiger partial charge in [-0.1, -0.05) is 12.1 Å². The monoisotopic (exact) mass is 371 g/mol. The molecular formula is C20H19F2N3O2. The van der Waals surface area contributed by atoms with Crippen LogP contribution >= 0.6 is 0 Å². The van der Waals surface area contributed by atoms with Gasteiger partial charge in [-0.2, -0.15) is 5.10 Å². The van der Waals surface area contributed by atoms with Crippen molar-refractivity contribution >= 4 is 5.91 Å². The SMILES string of the molecule is Cc1cc(CNC(=O)c2cccc(COc3ccc(F)cc3F)c2)nn1C. The molecule has 0 aliphatic rings. The third kappa shape index (κ3) is 4.69. The number of halogens is 2. The third-order valence-electron chi connectivity index (χ3n) is 4.07. The van der Waals surface area contributed by atoms with Gasteiger partial charge in [-0.3, -0.25) is 9.48 Å². The Labute approximate surface area is 155 Å². The molecule has 2 aromatic carbocycles. The maximum absolute atomic E-state index is 13.6. The molecule has 0 spiro atoms. The highest BCUT2D eigenvalue weighted by atomic mass is 19.1. The molecule has 0 unspecified atom stereocenters. The van der Waals surface area contributed by atoms with Crippen molar-refractivity contribution in [3.05, 3.63) is 82.7 Å². The zero-order chi connectivity index (χ0) is 19.4. The van der Waals surface area contributed by atoms with Crippen molar-refractivity contribution in [3.8, 4) is 5.75 Å². The van der Waals surface area contributed by atoms with Gasteiger partial charge in [0.2, 0.25) is 0 Å². The van der Waals surface area contributed by atoms with E-state index in [1.165, 1.54) is 6.07 Å². The van der Waals surface area contributed by atoms with Crippen molar-refractivity contribution < 1.29 is 18.3 Å². The standard InChI is InChI=1S/C20H19F2N3O2/c1-13-8-17(24-25(13)2)11-23-20(26)15-5-3-4-14(9-15)12-27-19-7-6-16(21)10-18(19)22/h3-10H,11-12H2,1-2H3,(H,23,26). The minimum Gasteiger partial charge on any atom is -0.486 e. The molecule has 1 heterocycles. The fraction of sp³-hybridized carbons (Fsp3) is 0.200. The molecule has 27 heavy (non-hydrogen) atoms. The van der Waals surface area contributed by atoms with Crippen LogP contribution in [0.1, 0.15) is 27.3 Å². The number of hydrogen-bond donors (Lipinski definition) is 1. The first-order valence-electron chi connectivity index (χ1n) is 8.37. The molecular weight excluding hydrogens is 352 g/mol. The molecule has 0 fully saturated rings. The Balaban J connectivity index is 1.61. The Morgan fingerprint density at radius 1 is 1.19 bits per heavy atom. The van der Waals surface area contributed by atoms with Crippen molar-refractivity contribution in [3.63, 3.8) is 0 Å². The number of aryl methyl sites for hydroxylation is 2. The molecule has 0 saturated heterocycles. The average molecular weight is 371 g/mol. The van der Waals surface area contributed by atoms with Crippen LogP contribution in [0.4, 0.5) is 8.78 Å². The second-order valence-corrected chi connectivity index (χ2v) is 6.15. The highest BCUT2D eigenvalue weighted by Gasteiger charge is 2.09. The lowest BCUT2D eigenvalue weighted by molar-refractivity contribution is 0.0950. The highest BCUT2D eigenvalue weighted by molar-refractivity contribution is 5.94. The number of rotatable bonds is 6. The predicted molar refractivity (Wildman–Crippen MR) is 96.2 cm³/mol. The van der Waals surface area contributed by atoms with E-state index in [1.807, 2.05) is 20.0 Å². The number of hydrogen-bond acceptors (Lipinski definition) is 3. The molecule has 1 aromatic heterocycles. The van der Waals surface area contributed by atoms with Crippen LogP contribution < -0.4 is 10.1 Å². The Hall–Kier alpha value is -3.22. The smallest absolute Gasteiger partial charge is 0.251 e. The van der Waals surface area contributed by atoms with E-state index >= 15 is 0 Å². The minimum atomic E-state index is -0.769. The van der Waals surface area contributed by atoms with E-state index in [0.717, 1.165) is 23.5 Å². The fourth-order valence-corrected chi connectivity index (χ4v) is 2.55. The van der Waals surface area contributed by atoms with E-state index in [4.69, 9.17) is 4.74 Å². The van der Waals surface area contributed by atoms with Gasteiger partial charge in [0, 0.05) is 24.4 Å². The molecule has 0 radical (unpaired) electrons. The average Bonchev–Trinajstić information content (AvgIpc) is 2.97. The van der Waals surface area contributed by atoms with E-state index in [-0.39, 0.29) is 18.3 Å². The molecule has 7 heteroatoms. The summed E-state index contributed by atoms with van der Waals surface area (Å²) in [7, 11) is 1.84. The second-order valence-electron chi connectivity index (χ2n) is 6.15. The predicted octanol–water partition coefficient (Wildman–Crippen LogP) is 3.52. The molecule has 0 bridgehead atoms. The Morgan fingerprint density at radius 2 is 2.00 bits per heavy atom. The van der Waals surface area contributed by atoms with Gasteiger partial charge in [0.25, 0.3) is 5.91 Å². The molecule has 1 amide bonds. The van der Waals surface area contributed by atoms with Crippen LogP contribution in [0.25, 0.3) is 0 Å². The van der Waals surface area contributed by atoms with Crippen LogP contribution in [0.2, 0.25) is 0 Å². The van der Waals surface area contributed by atoms with E-state index in [1.54, 1.807) is 28.9 Å². The number of carbonyl (C=O) groups excluding carboxylic acids is 1. The molecule has 1 N–H and O–H groups in total. The van der Waals surface area contributed by atoms with Gasteiger partial charge < -0.3 is 10.1 Å². The van der Waals surface area contributed by atoms with Crippen LogP contribution in [0.15, 0.2) is 48.5 Å². The summed E-state index contributed by atoms with van der Waals surface area (Å²) in [5.74, 6) is -1.72. The third-order valence-corrected chi connectivity index (χ3v) is 4.07. The molecule has 3 rings (SSSR count). The largest absolute Gasteiger partial charge is 0.486 e. The minimum absolute atomic E-state index is 0.0447. The molecule has 0 saturated carbocycles. The summed E-state index contributed by atoms with van der Waals surface area (Å²) in [5, 5.41) is 7.11. The van der Waals surface area contributed by atoms with Gasteiger partial charge in [-0.25, -0.2) is 8.78 Å². The van der Waals surface area contributed by atoms with Crippen molar-refractivity contribution in [2.24, 2.45) is 7.05 Å². The summed E-state index contributed by atoms with van der Waals surface area (Å²) >= 11 is 0. The maximum atomic E-state index is 13.6. The van der Waals surface area contributed by atoms with Gasteiger partial charge in [0.15, 0.2) is 11.6 Å². The quantitative estimate of drug-likeness (QED) is 0.721. The summed E-state index contributed by atoms with van der Waals surface area (Å²) in [6.07, 6.45) is 0. The van der Waals surface area contributed by atoms with Gasteiger partial charge in [0.05, 0.1) is 12.2 Å². The first kappa shape index (κ1) is 18.6. The second kappa shape index (κ2) is 7.99. The number of aromatic nitrogens is 2. The number of amides is 1. The fourth-order valence-electron chi connectivity index (χ4n) is 2.55. The lowest BCUT2D eigenvalue weighted by Crippen LogP contribution is -2.23. The van der Waals surface area contributed by atoms with Crippen LogP contribution in [-0.2, 0) is 20.2 Å².